The van der Waals surface area contributed by atoms with E-state index in [1.807, 2.05) is 18.2 Å². The normalized spacial score (nSPS) is 12.9. The monoisotopic (exact) mass is 420 g/mol. The highest BCUT2D eigenvalue weighted by Gasteiger charge is 2.15. The number of fused-ring (bicyclic) bond motifs is 2. The second-order valence-electron chi connectivity index (χ2n) is 7.73. The predicted octanol–water partition coefficient (Wildman–Crippen LogP) is 4.39. The van der Waals surface area contributed by atoms with Crippen LogP contribution in [0.25, 0.3) is 11.0 Å². The van der Waals surface area contributed by atoms with Crippen LogP contribution in [-0.2, 0) is 29.0 Å². The molecule has 1 heterocycles. The zero-order valence-electron chi connectivity index (χ0n) is 17.4. The minimum absolute atomic E-state index is 0.0108. The highest BCUT2D eigenvalue weighted by molar-refractivity contribution is 5.97. The molecule has 0 saturated carbocycles. The molecule has 160 valence electrons. The Bertz CT molecular complexity index is 1190. The molecule has 2 aromatic carbocycles. The van der Waals surface area contributed by atoms with Gasteiger partial charge >= 0.3 is 11.6 Å². The first-order valence-corrected chi connectivity index (χ1v) is 10.4. The van der Waals surface area contributed by atoms with E-state index in [1.165, 1.54) is 30.7 Å². The second kappa shape index (κ2) is 9.16. The maximum atomic E-state index is 12.5. The lowest BCUT2D eigenvalue weighted by atomic mass is 9.89. The second-order valence-corrected chi connectivity index (χ2v) is 7.73. The third-order valence-corrected chi connectivity index (χ3v) is 5.65. The molecule has 1 aliphatic carbocycles. The lowest BCUT2D eigenvalue weighted by Gasteiger charge is -2.16. The van der Waals surface area contributed by atoms with Gasteiger partial charge in [0.25, 0.3) is 0 Å². The number of ether oxygens (including phenoxy) is 2. The summed E-state index contributed by atoms with van der Waals surface area (Å²) in [7, 11) is 1.52. The van der Waals surface area contributed by atoms with Crippen molar-refractivity contribution in [2.45, 2.75) is 45.1 Å². The minimum Gasteiger partial charge on any atom is -0.497 e. The van der Waals surface area contributed by atoms with Crippen LogP contribution in [0.1, 0.15) is 52.7 Å². The maximum Gasteiger partial charge on any atom is 0.336 e. The number of benzene rings is 2. The number of esters is 1. The van der Waals surface area contributed by atoms with Crippen molar-refractivity contribution in [3.8, 4) is 5.75 Å². The number of rotatable bonds is 7. The molecule has 6 nitrogen and oxygen atoms in total. The Morgan fingerprint density at radius 2 is 1.77 bits per heavy atom. The van der Waals surface area contributed by atoms with E-state index in [0.29, 0.717) is 27.8 Å². The van der Waals surface area contributed by atoms with Crippen molar-refractivity contribution in [3.05, 3.63) is 75.1 Å². The van der Waals surface area contributed by atoms with Gasteiger partial charge in [-0.15, -0.1) is 0 Å². The summed E-state index contributed by atoms with van der Waals surface area (Å²) >= 11 is 0. The Hall–Kier alpha value is -3.41. The SMILES string of the molecule is COc1ccc2c(COC(=O)CCC(=O)c3ccc4c(c3)CCCC4)cc(=O)oc2c1. The molecule has 31 heavy (non-hydrogen) atoms. The summed E-state index contributed by atoms with van der Waals surface area (Å²) in [4.78, 5) is 36.6. The van der Waals surface area contributed by atoms with Crippen LogP contribution in [0, 0.1) is 0 Å². The fourth-order valence-corrected chi connectivity index (χ4v) is 3.95. The molecule has 1 aliphatic rings. The third-order valence-electron chi connectivity index (χ3n) is 5.65. The van der Waals surface area contributed by atoms with Crippen LogP contribution in [0.4, 0.5) is 0 Å². The van der Waals surface area contributed by atoms with E-state index in [-0.39, 0.29) is 25.2 Å². The van der Waals surface area contributed by atoms with Gasteiger partial charge in [0.1, 0.15) is 17.9 Å². The van der Waals surface area contributed by atoms with Gasteiger partial charge in [-0.25, -0.2) is 4.79 Å². The summed E-state index contributed by atoms with van der Waals surface area (Å²) in [5, 5.41) is 0.665. The highest BCUT2D eigenvalue weighted by atomic mass is 16.5. The number of methoxy groups -OCH3 is 1. The summed E-state index contributed by atoms with van der Waals surface area (Å²) < 4.78 is 15.7. The Morgan fingerprint density at radius 3 is 2.58 bits per heavy atom. The van der Waals surface area contributed by atoms with Crippen LogP contribution >= 0.6 is 0 Å². The summed E-state index contributed by atoms with van der Waals surface area (Å²) in [6, 6.07) is 12.2. The van der Waals surface area contributed by atoms with Gasteiger partial charge in [-0.1, -0.05) is 12.1 Å². The Kier molecular flexibility index (Phi) is 6.16. The van der Waals surface area contributed by atoms with E-state index < -0.39 is 11.6 Å². The number of carbonyl (C=O) groups excluding carboxylic acids is 2. The van der Waals surface area contributed by atoms with Gasteiger partial charge in [0.05, 0.1) is 13.5 Å². The molecule has 0 atom stereocenters. The summed E-state index contributed by atoms with van der Waals surface area (Å²) in [5.41, 5.74) is 3.58. The van der Waals surface area contributed by atoms with Gasteiger partial charge in [-0.3, -0.25) is 9.59 Å². The number of ketones is 1. The van der Waals surface area contributed by atoms with Crippen LogP contribution in [0.5, 0.6) is 5.75 Å². The molecule has 0 N–H and O–H groups in total. The van der Waals surface area contributed by atoms with E-state index in [4.69, 9.17) is 13.9 Å². The number of Topliss-reactive ketones (excluding diaryl/α,β-unsaturated/α-hetero) is 1. The molecule has 0 unspecified atom stereocenters. The zero-order chi connectivity index (χ0) is 21.8. The first-order valence-electron chi connectivity index (χ1n) is 10.4. The molecular formula is C25H24O6. The van der Waals surface area contributed by atoms with Crippen LogP contribution in [0.3, 0.4) is 0 Å². The average Bonchev–Trinajstić information content (AvgIpc) is 2.80. The summed E-state index contributed by atoms with van der Waals surface area (Å²) in [5.74, 6) is 0.00919. The van der Waals surface area contributed by atoms with Crippen LogP contribution < -0.4 is 10.4 Å². The van der Waals surface area contributed by atoms with Crippen molar-refractivity contribution < 1.29 is 23.5 Å². The first kappa shape index (κ1) is 20.8. The number of hydrogen-bond acceptors (Lipinski definition) is 6. The van der Waals surface area contributed by atoms with E-state index >= 15 is 0 Å². The highest BCUT2D eigenvalue weighted by Crippen LogP contribution is 2.24. The van der Waals surface area contributed by atoms with Gasteiger partial charge in [-0.05, 0) is 55.0 Å². The quantitative estimate of drug-likeness (QED) is 0.320. The van der Waals surface area contributed by atoms with Crippen molar-refractivity contribution in [3.63, 3.8) is 0 Å². The van der Waals surface area contributed by atoms with E-state index in [2.05, 4.69) is 0 Å². The fraction of sp³-hybridized carbons (Fsp3) is 0.320. The van der Waals surface area contributed by atoms with Crippen molar-refractivity contribution in [2.24, 2.45) is 0 Å². The summed E-state index contributed by atoms with van der Waals surface area (Å²) in [6.07, 6.45) is 4.49. The minimum atomic E-state index is -0.533. The molecule has 0 radical (unpaired) electrons. The molecule has 0 fully saturated rings. The van der Waals surface area contributed by atoms with Gasteiger partial charge < -0.3 is 13.9 Å². The van der Waals surface area contributed by atoms with E-state index in [0.717, 1.165) is 19.3 Å². The maximum absolute atomic E-state index is 12.5. The molecule has 0 bridgehead atoms. The molecule has 0 amide bonds. The molecule has 0 aliphatic heterocycles. The van der Waals surface area contributed by atoms with Gasteiger partial charge in [0, 0.05) is 35.1 Å². The van der Waals surface area contributed by atoms with E-state index in [9.17, 15) is 14.4 Å². The molecule has 4 rings (SSSR count). The fourth-order valence-electron chi connectivity index (χ4n) is 3.95. The summed E-state index contributed by atoms with van der Waals surface area (Å²) in [6.45, 7) is -0.0691. The Labute approximate surface area is 179 Å². The van der Waals surface area contributed by atoms with Crippen LogP contribution in [0.15, 0.2) is 51.7 Å². The van der Waals surface area contributed by atoms with E-state index in [1.54, 1.807) is 18.2 Å². The molecule has 0 spiro atoms. The Balaban J connectivity index is 1.36. The van der Waals surface area contributed by atoms with Gasteiger partial charge in [0.15, 0.2) is 5.78 Å². The standard InChI is InChI=1S/C25H24O6/c1-29-20-8-9-21-19(13-25(28)31-23(21)14-20)15-30-24(27)11-10-22(26)18-7-6-16-4-2-3-5-17(16)12-18/h6-9,12-14H,2-5,10-11,15H2,1H3. The smallest absolute Gasteiger partial charge is 0.336 e. The van der Waals surface area contributed by atoms with Crippen molar-refractivity contribution in [1.82, 2.24) is 0 Å². The van der Waals surface area contributed by atoms with Crippen LogP contribution in [-0.4, -0.2) is 18.9 Å². The number of aryl methyl sites for hydroxylation is 2. The van der Waals surface area contributed by atoms with Crippen molar-refractivity contribution >= 4 is 22.7 Å². The molecule has 1 aromatic heterocycles. The van der Waals surface area contributed by atoms with Crippen molar-refractivity contribution in [2.75, 3.05) is 7.11 Å². The third kappa shape index (κ3) is 4.85. The molecular weight excluding hydrogens is 396 g/mol. The van der Waals surface area contributed by atoms with Gasteiger partial charge in [0.2, 0.25) is 0 Å². The van der Waals surface area contributed by atoms with Crippen molar-refractivity contribution in [1.29, 1.82) is 0 Å². The Morgan fingerprint density at radius 1 is 0.968 bits per heavy atom. The van der Waals surface area contributed by atoms with Gasteiger partial charge in [-0.2, -0.15) is 0 Å². The largest absolute Gasteiger partial charge is 0.497 e. The number of carbonyl (C=O) groups is 2. The topological polar surface area (TPSA) is 82.8 Å². The average molecular weight is 420 g/mol. The number of hydrogen-bond donors (Lipinski definition) is 0. The first-order chi connectivity index (χ1) is 15.0. The molecule has 0 saturated heterocycles. The molecule has 3 aromatic rings. The predicted molar refractivity (Wildman–Crippen MR) is 115 cm³/mol. The zero-order valence-corrected chi connectivity index (χ0v) is 17.4. The lowest BCUT2D eigenvalue weighted by molar-refractivity contribution is -0.144. The lowest BCUT2D eigenvalue weighted by Crippen LogP contribution is -2.11. The molecule has 6 heteroatoms. The van der Waals surface area contributed by atoms with Crippen LogP contribution in [0.2, 0.25) is 0 Å².